The number of amides is 1. The third-order valence-electron chi connectivity index (χ3n) is 5.99. The molecule has 0 bridgehead atoms. The summed E-state index contributed by atoms with van der Waals surface area (Å²) in [6.07, 6.45) is 4.17. The van der Waals surface area contributed by atoms with Crippen molar-refractivity contribution in [2.45, 2.75) is 33.2 Å². The van der Waals surface area contributed by atoms with Crippen LogP contribution in [0.1, 0.15) is 46.7 Å². The zero-order valence-corrected chi connectivity index (χ0v) is 17.3. The Hall–Kier alpha value is -3.48. The number of aromatic nitrogens is 5. The molecule has 0 aliphatic carbocycles. The third kappa shape index (κ3) is 2.98. The number of hydrogen-bond donors (Lipinski definition) is 1. The molecule has 3 heterocycles. The Morgan fingerprint density at radius 2 is 1.93 bits per heavy atom. The van der Waals surface area contributed by atoms with Gasteiger partial charge in [0.2, 0.25) is 0 Å². The number of hydrogen-bond acceptors (Lipinski definition) is 4. The highest BCUT2D eigenvalue weighted by Gasteiger charge is 2.38. The van der Waals surface area contributed by atoms with Gasteiger partial charge in [0, 0.05) is 6.54 Å². The van der Waals surface area contributed by atoms with E-state index >= 15 is 0 Å². The van der Waals surface area contributed by atoms with E-state index < -0.39 is 0 Å². The number of aryl methyl sites for hydroxylation is 2. The van der Waals surface area contributed by atoms with E-state index in [0.717, 1.165) is 34.4 Å². The van der Waals surface area contributed by atoms with Crippen molar-refractivity contribution in [2.75, 3.05) is 6.54 Å². The lowest BCUT2D eigenvalue weighted by Crippen LogP contribution is -2.33. The predicted octanol–water partition coefficient (Wildman–Crippen LogP) is 3.98. The fourth-order valence-corrected chi connectivity index (χ4v) is 4.42. The molecule has 0 spiro atoms. The molecule has 1 N–H and O–H groups in total. The first-order chi connectivity index (χ1) is 14.5. The topological polar surface area (TPSA) is 79.7 Å². The van der Waals surface area contributed by atoms with Crippen molar-refractivity contribution in [1.29, 1.82) is 0 Å². The van der Waals surface area contributed by atoms with Crippen LogP contribution in [-0.2, 0) is 0 Å². The molecule has 2 aromatic carbocycles. The highest BCUT2D eigenvalue weighted by atomic mass is 16.2. The molecule has 1 aliphatic heterocycles. The maximum atomic E-state index is 13.7. The summed E-state index contributed by atoms with van der Waals surface area (Å²) in [5.74, 6) is 1.15. The van der Waals surface area contributed by atoms with Gasteiger partial charge >= 0.3 is 0 Å². The van der Waals surface area contributed by atoms with Crippen LogP contribution < -0.4 is 0 Å². The SMILES string of the molecule is Cc1ccc(-n2nccn2)c(C(=O)N2CC[C@H](C)[C@H]2c2nc3c(C)cccc3[nH]2)c1. The van der Waals surface area contributed by atoms with Gasteiger partial charge in [-0.25, -0.2) is 4.98 Å². The lowest BCUT2D eigenvalue weighted by atomic mass is 10.0. The summed E-state index contributed by atoms with van der Waals surface area (Å²) >= 11 is 0. The van der Waals surface area contributed by atoms with Crippen LogP contribution in [0.2, 0.25) is 0 Å². The van der Waals surface area contributed by atoms with Gasteiger partial charge in [0.1, 0.15) is 5.82 Å². The number of rotatable bonds is 3. The Morgan fingerprint density at radius 1 is 1.13 bits per heavy atom. The first kappa shape index (κ1) is 18.5. The highest BCUT2D eigenvalue weighted by Crippen LogP contribution is 2.38. The molecule has 7 heteroatoms. The van der Waals surface area contributed by atoms with Gasteiger partial charge < -0.3 is 9.88 Å². The van der Waals surface area contributed by atoms with Gasteiger partial charge in [-0.1, -0.05) is 30.7 Å². The largest absolute Gasteiger partial charge is 0.340 e. The van der Waals surface area contributed by atoms with Crippen molar-refractivity contribution in [3.05, 3.63) is 71.3 Å². The van der Waals surface area contributed by atoms with Crippen molar-refractivity contribution >= 4 is 16.9 Å². The average Bonchev–Trinajstić information content (AvgIpc) is 3.47. The molecule has 0 unspecified atom stereocenters. The lowest BCUT2D eigenvalue weighted by Gasteiger charge is -2.26. The molecular weight excluding hydrogens is 376 g/mol. The van der Waals surface area contributed by atoms with E-state index in [4.69, 9.17) is 4.98 Å². The number of carbonyl (C=O) groups is 1. The molecule has 2 aromatic heterocycles. The predicted molar refractivity (Wildman–Crippen MR) is 114 cm³/mol. The van der Waals surface area contributed by atoms with Crippen LogP contribution in [0, 0.1) is 19.8 Å². The second kappa shape index (κ2) is 7.09. The number of imidazole rings is 1. The van der Waals surface area contributed by atoms with Crippen LogP contribution in [0.3, 0.4) is 0 Å². The molecule has 30 heavy (non-hydrogen) atoms. The van der Waals surface area contributed by atoms with Crippen molar-refractivity contribution in [1.82, 2.24) is 29.9 Å². The minimum atomic E-state index is -0.0942. The molecule has 152 valence electrons. The van der Waals surface area contributed by atoms with Crippen molar-refractivity contribution in [3.8, 4) is 5.69 Å². The molecule has 1 aliphatic rings. The van der Waals surface area contributed by atoms with Crippen LogP contribution in [0.25, 0.3) is 16.7 Å². The van der Waals surface area contributed by atoms with E-state index in [2.05, 4.69) is 35.1 Å². The molecule has 4 aromatic rings. The van der Waals surface area contributed by atoms with Crippen LogP contribution in [0.4, 0.5) is 0 Å². The molecule has 2 atom stereocenters. The van der Waals surface area contributed by atoms with Gasteiger partial charge in [0.05, 0.1) is 40.7 Å². The Morgan fingerprint density at radius 3 is 2.70 bits per heavy atom. The second-order valence-corrected chi connectivity index (χ2v) is 8.14. The molecule has 0 radical (unpaired) electrons. The molecule has 1 saturated heterocycles. The number of fused-ring (bicyclic) bond motifs is 1. The minimum absolute atomic E-state index is 0.0162. The standard InChI is InChI=1S/C23H24N6O/c1-14-7-8-19(29-24-10-11-25-29)17(13-14)23(30)28-12-9-16(3)21(28)22-26-18-6-4-5-15(2)20(18)27-22/h4-8,10-11,13,16,21H,9,12H2,1-3H3,(H,26,27)/t16-,21-/m0/s1. The number of para-hydroxylation sites is 1. The van der Waals surface area contributed by atoms with Crippen LogP contribution >= 0.6 is 0 Å². The van der Waals surface area contributed by atoms with E-state index in [-0.39, 0.29) is 11.9 Å². The lowest BCUT2D eigenvalue weighted by molar-refractivity contribution is 0.0714. The van der Waals surface area contributed by atoms with Crippen LogP contribution in [0.5, 0.6) is 0 Å². The highest BCUT2D eigenvalue weighted by molar-refractivity contribution is 5.98. The second-order valence-electron chi connectivity index (χ2n) is 8.14. The van der Waals surface area contributed by atoms with Gasteiger partial charge in [0.25, 0.3) is 5.91 Å². The summed E-state index contributed by atoms with van der Waals surface area (Å²) in [7, 11) is 0. The Labute approximate surface area is 174 Å². The molecule has 1 amide bonds. The smallest absolute Gasteiger partial charge is 0.256 e. The van der Waals surface area contributed by atoms with Crippen molar-refractivity contribution in [2.24, 2.45) is 5.92 Å². The maximum Gasteiger partial charge on any atom is 0.256 e. The zero-order valence-electron chi connectivity index (χ0n) is 17.3. The number of benzene rings is 2. The first-order valence-corrected chi connectivity index (χ1v) is 10.3. The number of aromatic amines is 1. The molecule has 0 saturated carbocycles. The fraction of sp³-hybridized carbons (Fsp3) is 0.304. The van der Waals surface area contributed by atoms with Gasteiger partial charge in [-0.2, -0.15) is 15.0 Å². The normalized spacial score (nSPS) is 19.0. The number of H-pyrrole nitrogens is 1. The van der Waals surface area contributed by atoms with E-state index in [0.29, 0.717) is 23.7 Å². The summed E-state index contributed by atoms with van der Waals surface area (Å²) in [6, 6.07) is 11.8. The minimum Gasteiger partial charge on any atom is -0.340 e. The van der Waals surface area contributed by atoms with Gasteiger partial charge in [-0.05, 0) is 49.9 Å². The van der Waals surface area contributed by atoms with E-state index in [9.17, 15) is 4.79 Å². The molecule has 7 nitrogen and oxygen atoms in total. The number of likely N-dealkylation sites (tertiary alicyclic amines) is 1. The molecule has 5 rings (SSSR count). The first-order valence-electron chi connectivity index (χ1n) is 10.3. The maximum absolute atomic E-state index is 13.7. The van der Waals surface area contributed by atoms with Crippen LogP contribution in [-0.4, -0.2) is 42.3 Å². The van der Waals surface area contributed by atoms with Gasteiger partial charge in [0.15, 0.2) is 0 Å². The Bertz CT molecular complexity index is 1230. The Kier molecular flexibility index (Phi) is 4.38. The van der Waals surface area contributed by atoms with E-state index in [1.54, 1.807) is 12.4 Å². The third-order valence-corrected chi connectivity index (χ3v) is 5.99. The monoisotopic (exact) mass is 400 g/mol. The fourth-order valence-electron chi connectivity index (χ4n) is 4.42. The van der Waals surface area contributed by atoms with Crippen LogP contribution in [0.15, 0.2) is 48.8 Å². The van der Waals surface area contributed by atoms with Gasteiger partial charge in [-0.3, -0.25) is 4.79 Å². The molecule has 1 fully saturated rings. The summed E-state index contributed by atoms with van der Waals surface area (Å²) < 4.78 is 0. The van der Waals surface area contributed by atoms with E-state index in [1.165, 1.54) is 4.80 Å². The number of nitrogens with one attached hydrogen (secondary N) is 1. The Balaban J connectivity index is 1.57. The number of carbonyl (C=O) groups excluding carboxylic acids is 1. The average molecular weight is 400 g/mol. The van der Waals surface area contributed by atoms with E-state index in [1.807, 2.05) is 42.2 Å². The quantitative estimate of drug-likeness (QED) is 0.564. The summed E-state index contributed by atoms with van der Waals surface area (Å²) in [4.78, 5) is 25.5. The number of nitrogens with zero attached hydrogens (tertiary/aromatic N) is 5. The molecular formula is C23H24N6O. The van der Waals surface area contributed by atoms with Gasteiger partial charge in [-0.15, -0.1) is 0 Å². The van der Waals surface area contributed by atoms with Crippen molar-refractivity contribution < 1.29 is 4.79 Å². The van der Waals surface area contributed by atoms with Crippen molar-refractivity contribution in [3.63, 3.8) is 0 Å². The summed E-state index contributed by atoms with van der Waals surface area (Å²) in [5.41, 5.74) is 5.43. The summed E-state index contributed by atoms with van der Waals surface area (Å²) in [6.45, 7) is 6.93. The zero-order chi connectivity index (χ0) is 20.8. The summed E-state index contributed by atoms with van der Waals surface area (Å²) in [5, 5.41) is 8.47.